The molecule has 0 aliphatic rings. The molecule has 0 aliphatic carbocycles. The molecular formula is C21H40O2. The molecule has 0 radical (unpaired) electrons. The Hall–Kier alpha value is -0.790. The van der Waals surface area contributed by atoms with Crippen LogP contribution in [0.1, 0.15) is 111 Å². The van der Waals surface area contributed by atoms with Gasteiger partial charge >= 0.3 is 5.97 Å². The van der Waals surface area contributed by atoms with Crippen molar-refractivity contribution < 1.29 is 9.53 Å². The molecule has 2 heteroatoms. The van der Waals surface area contributed by atoms with E-state index in [4.69, 9.17) is 4.74 Å². The smallest absolute Gasteiger partial charge is 0.313 e. The van der Waals surface area contributed by atoms with Crippen LogP contribution in [-0.2, 0) is 9.53 Å². The number of carbonyl (C=O) groups excluding carboxylic acids is 1. The predicted molar refractivity (Wildman–Crippen MR) is 100 cm³/mol. The molecule has 23 heavy (non-hydrogen) atoms. The number of hydrogen-bond donors (Lipinski definition) is 0. The minimum atomic E-state index is -0.147. The highest BCUT2D eigenvalue weighted by atomic mass is 16.5. The van der Waals surface area contributed by atoms with Crippen LogP contribution < -0.4 is 0 Å². The fourth-order valence-corrected chi connectivity index (χ4v) is 2.60. The molecule has 0 aliphatic heterocycles. The van der Waals surface area contributed by atoms with Gasteiger partial charge in [0.15, 0.2) is 0 Å². The van der Waals surface area contributed by atoms with E-state index in [1.54, 1.807) is 6.26 Å². The van der Waals surface area contributed by atoms with Gasteiger partial charge in [-0.1, -0.05) is 97.8 Å². The molecule has 0 saturated heterocycles. The fraction of sp³-hybridized carbons (Fsp3) is 0.857. The van der Waals surface area contributed by atoms with Crippen molar-refractivity contribution in [3.8, 4) is 0 Å². The van der Waals surface area contributed by atoms with Crippen LogP contribution in [0.15, 0.2) is 12.3 Å². The predicted octanol–water partition coefficient (Wildman–Crippen LogP) is 7.18. The first-order chi connectivity index (χ1) is 11.2. The Bertz CT molecular complexity index is 282. The molecule has 0 aromatic rings. The first kappa shape index (κ1) is 22.2. The van der Waals surface area contributed by atoms with Gasteiger partial charge in [-0.2, -0.15) is 0 Å². The first-order valence-corrected chi connectivity index (χ1v) is 10.0. The van der Waals surface area contributed by atoms with Crippen molar-refractivity contribution in [1.82, 2.24) is 0 Å². The third-order valence-corrected chi connectivity index (χ3v) is 4.23. The maximum atomic E-state index is 11.2. The van der Waals surface area contributed by atoms with E-state index in [-0.39, 0.29) is 11.9 Å². The van der Waals surface area contributed by atoms with Gasteiger partial charge in [-0.05, 0) is 18.9 Å². The Kier molecular flexibility index (Phi) is 17.0. The topological polar surface area (TPSA) is 26.3 Å². The van der Waals surface area contributed by atoms with Crippen LogP contribution in [0.4, 0.5) is 0 Å². The molecular weight excluding hydrogens is 284 g/mol. The van der Waals surface area contributed by atoms with E-state index in [0.29, 0.717) is 0 Å². The minimum Gasteiger partial charge on any atom is -0.435 e. The molecule has 0 rings (SSSR count). The highest BCUT2D eigenvalue weighted by molar-refractivity contribution is 5.72. The number of unbranched alkanes of at least 4 members (excludes halogenated alkanes) is 13. The summed E-state index contributed by atoms with van der Waals surface area (Å²) in [7, 11) is 0. The van der Waals surface area contributed by atoms with Gasteiger partial charge in [0.25, 0.3) is 0 Å². The molecule has 0 heterocycles. The molecule has 0 fully saturated rings. The van der Waals surface area contributed by atoms with E-state index in [2.05, 4.69) is 6.92 Å². The van der Waals surface area contributed by atoms with Crippen LogP contribution in [0.25, 0.3) is 0 Å². The van der Waals surface area contributed by atoms with Crippen LogP contribution >= 0.6 is 0 Å². The summed E-state index contributed by atoms with van der Waals surface area (Å²) in [6.45, 7) is 5.98. The zero-order valence-corrected chi connectivity index (χ0v) is 15.9. The zero-order chi connectivity index (χ0) is 17.2. The van der Waals surface area contributed by atoms with E-state index >= 15 is 0 Å². The van der Waals surface area contributed by atoms with Crippen LogP contribution in [0.2, 0.25) is 0 Å². The number of carbonyl (C=O) groups is 1. The lowest BCUT2D eigenvalue weighted by Crippen LogP contribution is -2.07. The average Bonchev–Trinajstić information content (AvgIpc) is 2.54. The van der Waals surface area contributed by atoms with Gasteiger partial charge in [0.05, 0.1) is 12.2 Å². The molecule has 0 saturated carbocycles. The van der Waals surface area contributed by atoms with Crippen molar-refractivity contribution >= 4 is 5.97 Å². The summed E-state index contributed by atoms with van der Waals surface area (Å²) >= 11 is 0. The van der Waals surface area contributed by atoms with Gasteiger partial charge < -0.3 is 4.74 Å². The van der Waals surface area contributed by atoms with Gasteiger partial charge in [0.2, 0.25) is 0 Å². The number of allylic oxidation sites excluding steroid dienone is 1. The Morgan fingerprint density at radius 1 is 0.783 bits per heavy atom. The quantitative estimate of drug-likeness (QED) is 0.171. The van der Waals surface area contributed by atoms with E-state index in [9.17, 15) is 4.79 Å². The number of esters is 1. The summed E-state index contributed by atoms with van der Waals surface area (Å²) in [6, 6.07) is 0. The molecule has 0 unspecified atom stereocenters. The maximum absolute atomic E-state index is 11.2. The van der Waals surface area contributed by atoms with E-state index in [1.807, 2.05) is 19.9 Å². The van der Waals surface area contributed by atoms with Crippen molar-refractivity contribution in [2.45, 2.75) is 111 Å². The molecule has 0 amide bonds. The molecule has 0 spiro atoms. The van der Waals surface area contributed by atoms with E-state index in [0.717, 1.165) is 6.42 Å². The minimum absolute atomic E-state index is 0.0454. The SMILES string of the molecule is CCCCCCCCCCCCCCCC=COC(=O)C(C)C. The number of ether oxygens (including phenoxy) is 1. The van der Waals surface area contributed by atoms with Gasteiger partial charge in [-0.25, -0.2) is 0 Å². The normalized spacial score (nSPS) is 11.5. The van der Waals surface area contributed by atoms with Crippen LogP contribution in [0.5, 0.6) is 0 Å². The highest BCUT2D eigenvalue weighted by Gasteiger charge is 2.05. The number of hydrogen-bond acceptors (Lipinski definition) is 2. The van der Waals surface area contributed by atoms with Gasteiger partial charge in [0, 0.05) is 0 Å². The fourth-order valence-electron chi connectivity index (χ4n) is 2.60. The van der Waals surface area contributed by atoms with E-state index in [1.165, 1.54) is 83.5 Å². The third kappa shape index (κ3) is 17.4. The lowest BCUT2D eigenvalue weighted by Gasteiger charge is -2.03. The highest BCUT2D eigenvalue weighted by Crippen LogP contribution is 2.13. The van der Waals surface area contributed by atoms with Crippen molar-refractivity contribution in [3.05, 3.63) is 12.3 Å². The molecule has 0 aromatic heterocycles. The lowest BCUT2D eigenvalue weighted by atomic mass is 10.0. The molecule has 0 bridgehead atoms. The van der Waals surface area contributed by atoms with Crippen molar-refractivity contribution in [3.63, 3.8) is 0 Å². The largest absolute Gasteiger partial charge is 0.435 e. The zero-order valence-electron chi connectivity index (χ0n) is 15.9. The van der Waals surface area contributed by atoms with Crippen molar-refractivity contribution in [2.24, 2.45) is 5.92 Å². The standard InChI is InChI=1S/C21H40O2/c1-4-5-6-7-8-9-10-11-12-13-14-15-16-17-18-19-23-21(22)20(2)3/h18-20H,4-17H2,1-3H3. The summed E-state index contributed by atoms with van der Waals surface area (Å²) in [6.07, 6.45) is 22.5. The Labute approximate surface area is 145 Å². The second-order valence-electron chi connectivity index (χ2n) is 6.99. The van der Waals surface area contributed by atoms with Gasteiger partial charge in [-0.15, -0.1) is 0 Å². The number of rotatable bonds is 16. The second kappa shape index (κ2) is 17.6. The summed E-state index contributed by atoms with van der Waals surface area (Å²) < 4.78 is 5.00. The molecule has 136 valence electrons. The van der Waals surface area contributed by atoms with Crippen LogP contribution in [0.3, 0.4) is 0 Å². The summed E-state index contributed by atoms with van der Waals surface area (Å²) in [5.41, 5.74) is 0. The summed E-state index contributed by atoms with van der Waals surface area (Å²) in [5.74, 6) is -0.192. The van der Waals surface area contributed by atoms with E-state index < -0.39 is 0 Å². The Morgan fingerprint density at radius 3 is 1.65 bits per heavy atom. The first-order valence-electron chi connectivity index (χ1n) is 10.0. The maximum Gasteiger partial charge on any atom is 0.313 e. The Balaban J connectivity index is 3.13. The lowest BCUT2D eigenvalue weighted by molar-refractivity contribution is -0.141. The van der Waals surface area contributed by atoms with Crippen molar-refractivity contribution in [1.29, 1.82) is 0 Å². The molecule has 0 N–H and O–H groups in total. The monoisotopic (exact) mass is 324 g/mol. The van der Waals surface area contributed by atoms with Crippen molar-refractivity contribution in [2.75, 3.05) is 0 Å². The molecule has 0 aromatic carbocycles. The van der Waals surface area contributed by atoms with Crippen LogP contribution in [0, 0.1) is 5.92 Å². The Morgan fingerprint density at radius 2 is 1.22 bits per heavy atom. The summed E-state index contributed by atoms with van der Waals surface area (Å²) in [5, 5.41) is 0. The molecule has 0 atom stereocenters. The van der Waals surface area contributed by atoms with Crippen LogP contribution in [-0.4, -0.2) is 5.97 Å². The van der Waals surface area contributed by atoms with Gasteiger partial charge in [0.1, 0.15) is 0 Å². The molecule has 2 nitrogen and oxygen atoms in total. The average molecular weight is 325 g/mol. The van der Waals surface area contributed by atoms with Gasteiger partial charge in [-0.3, -0.25) is 4.79 Å². The summed E-state index contributed by atoms with van der Waals surface area (Å²) in [4.78, 5) is 11.2. The third-order valence-electron chi connectivity index (χ3n) is 4.23. The second-order valence-corrected chi connectivity index (χ2v) is 6.99.